The average Bonchev–Trinajstić information content (AvgIpc) is 2.43. The molecule has 0 bridgehead atoms. The lowest BCUT2D eigenvalue weighted by Crippen LogP contribution is -2.31. The molecule has 0 saturated heterocycles. The summed E-state index contributed by atoms with van der Waals surface area (Å²) in [5, 5.41) is 8.63. The second-order valence-electron chi connectivity index (χ2n) is 5.32. The van der Waals surface area contributed by atoms with E-state index in [0.717, 1.165) is 25.9 Å². The van der Waals surface area contributed by atoms with Crippen molar-refractivity contribution in [3.63, 3.8) is 0 Å². The third kappa shape index (κ3) is 12.4. The molecule has 0 aliphatic carbocycles. The fourth-order valence-electron chi connectivity index (χ4n) is 2.14. The average molecular weight is 287 g/mol. The number of rotatable bonds is 14. The van der Waals surface area contributed by atoms with E-state index in [-0.39, 0.29) is 12.5 Å². The van der Waals surface area contributed by atoms with Crippen molar-refractivity contribution in [1.29, 1.82) is 0 Å². The Labute approximate surface area is 124 Å². The number of nitrogens with zero attached hydrogens (tertiary/aromatic N) is 1. The highest BCUT2D eigenvalue weighted by Gasteiger charge is 2.07. The van der Waals surface area contributed by atoms with Gasteiger partial charge < -0.3 is 14.7 Å². The van der Waals surface area contributed by atoms with Crippen LogP contribution in [0, 0.1) is 0 Å². The van der Waals surface area contributed by atoms with Crippen LogP contribution in [-0.2, 0) is 9.53 Å². The molecule has 1 amide bonds. The normalized spacial score (nSPS) is 10.8. The Balaban J connectivity index is 3.53. The molecule has 0 fully saturated rings. The highest BCUT2D eigenvalue weighted by atomic mass is 16.5. The van der Waals surface area contributed by atoms with Gasteiger partial charge in [0.2, 0.25) is 5.91 Å². The quantitative estimate of drug-likeness (QED) is 0.500. The van der Waals surface area contributed by atoms with E-state index in [1.807, 2.05) is 4.90 Å². The van der Waals surface area contributed by atoms with Crippen LogP contribution in [-0.4, -0.2) is 48.8 Å². The van der Waals surface area contributed by atoms with Gasteiger partial charge >= 0.3 is 0 Å². The van der Waals surface area contributed by atoms with Crippen LogP contribution in [0.25, 0.3) is 0 Å². The van der Waals surface area contributed by atoms with E-state index in [1.165, 1.54) is 32.1 Å². The summed E-state index contributed by atoms with van der Waals surface area (Å²) >= 11 is 0. The van der Waals surface area contributed by atoms with Gasteiger partial charge in [0.25, 0.3) is 0 Å². The van der Waals surface area contributed by atoms with Crippen LogP contribution in [0.1, 0.15) is 65.2 Å². The van der Waals surface area contributed by atoms with Gasteiger partial charge in [-0.3, -0.25) is 4.79 Å². The number of carbonyl (C=O) groups is 1. The number of ether oxygens (including phenoxy) is 1. The molecule has 20 heavy (non-hydrogen) atoms. The number of amides is 1. The first kappa shape index (κ1) is 19.4. The molecule has 4 nitrogen and oxygen atoms in total. The maximum atomic E-state index is 11.5. The molecule has 0 aromatic rings. The van der Waals surface area contributed by atoms with Gasteiger partial charge in [-0.25, -0.2) is 0 Å². The van der Waals surface area contributed by atoms with Crippen molar-refractivity contribution in [2.75, 3.05) is 32.9 Å². The number of aliphatic hydroxyl groups is 1. The van der Waals surface area contributed by atoms with Gasteiger partial charge in [0, 0.05) is 39.8 Å². The molecule has 0 aromatic carbocycles. The standard InChI is InChI=1S/C16H33NO3/c1-3-4-5-6-7-8-11-17(16(2)19)12-9-14-20-15-10-13-18/h18H,3-15H2,1-2H3. The topological polar surface area (TPSA) is 49.8 Å². The smallest absolute Gasteiger partial charge is 0.219 e. The van der Waals surface area contributed by atoms with Crippen molar-refractivity contribution in [3.8, 4) is 0 Å². The van der Waals surface area contributed by atoms with E-state index in [0.29, 0.717) is 19.6 Å². The van der Waals surface area contributed by atoms with Crippen molar-refractivity contribution in [3.05, 3.63) is 0 Å². The lowest BCUT2D eigenvalue weighted by molar-refractivity contribution is -0.129. The molecule has 0 atom stereocenters. The third-order valence-electron chi connectivity index (χ3n) is 3.39. The molecule has 0 radical (unpaired) electrons. The molecule has 0 aromatic heterocycles. The van der Waals surface area contributed by atoms with E-state index in [1.54, 1.807) is 6.92 Å². The fraction of sp³-hybridized carbons (Fsp3) is 0.938. The first-order valence-corrected chi connectivity index (χ1v) is 8.16. The van der Waals surface area contributed by atoms with E-state index in [9.17, 15) is 4.79 Å². The molecular formula is C16H33NO3. The molecule has 0 heterocycles. The molecule has 1 N–H and O–H groups in total. The molecule has 0 spiro atoms. The van der Waals surface area contributed by atoms with Crippen molar-refractivity contribution in [1.82, 2.24) is 4.90 Å². The first-order chi connectivity index (χ1) is 9.72. The molecule has 0 aliphatic heterocycles. The highest BCUT2D eigenvalue weighted by molar-refractivity contribution is 5.73. The summed E-state index contributed by atoms with van der Waals surface area (Å²) in [5.41, 5.74) is 0. The molecule has 0 aliphatic rings. The van der Waals surface area contributed by atoms with Gasteiger partial charge in [-0.15, -0.1) is 0 Å². The van der Waals surface area contributed by atoms with Crippen molar-refractivity contribution in [2.45, 2.75) is 65.2 Å². The van der Waals surface area contributed by atoms with E-state index < -0.39 is 0 Å². The second kappa shape index (κ2) is 14.8. The minimum Gasteiger partial charge on any atom is -0.396 e. The third-order valence-corrected chi connectivity index (χ3v) is 3.39. The monoisotopic (exact) mass is 287 g/mol. The van der Waals surface area contributed by atoms with Crippen molar-refractivity contribution >= 4 is 5.91 Å². The van der Waals surface area contributed by atoms with Crippen LogP contribution < -0.4 is 0 Å². The Morgan fingerprint density at radius 3 is 2.20 bits per heavy atom. The maximum Gasteiger partial charge on any atom is 0.219 e. The van der Waals surface area contributed by atoms with E-state index >= 15 is 0 Å². The van der Waals surface area contributed by atoms with Crippen LogP contribution in [0.4, 0.5) is 0 Å². The van der Waals surface area contributed by atoms with Gasteiger partial charge in [0.1, 0.15) is 0 Å². The Morgan fingerprint density at radius 1 is 0.950 bits per heavy atom. The van der Waals surface area contributed by atoms with Gasteiger partial charge in [-0.1, -0.05) is 39.0 Å². The lowest BCUT2D eigenvalue weighted by Gasteiger charge is -2.21. The summed E-state index contributed by atoms with van der Waals surface area (Å²) in [7, 11) is 0. The second-order valence-corrected chi connectivity index (χ2v) is 5.32. The summed E-state index contributed by atoms with van der Waals surface area (Å²) in [6, 6.07) is 0. The summed E-state index contributed by atoms with van der Waals surface area (Å²) in [5.74, 6) is 0.161. The summed E-state index contributed by atoms with van der Waals surface area (Å²) < 4.78 is 5.38. The molecular weight excluding hydrogens is 254 g/mol. The zero-order valence-electron chi connectivity index (χ0n) is 13.4. The molecule has 120 valence electrons. The largest absolute Gasteiger partial charge is 0.396 e. The number of carbonyl (C=O) groups excluding carboxylic acids is 1. The van der Waals surface area contributed by atoms with E-state index in [4.69, 9.17) is 9.84 Å². The zero-order valence-corrected chi connectivity index (χ0v) is 13.4. The number of unbranched alkanes of at least 4 members (excludes halogenated alkanes) is 5. The van der Waals surface area contributed by atoms with E-state index in [2.05, 4.69) is 6.92 Å². The number of aliphatic hydroxyl groups excluding tert-OH is 1. The summed E-state index contributed by atoms with van der Waals surface area (Å²) in [4.78, 5) is 13.5. The maximum absolute atomic E-state index is 11.5. The van der Waals surface area contributed by atoms with Crippen LogP contribution >= 0.6 is 0 Å². The first-order valence-electron chi connectivity index (χ1n) is 8.16. The van der Waals surface area contributed by atoms with Crippen LogP contribution in [0.5, 0.6) is 0 Å². The fourth-order valence-corrected chi connectivity index (χ4v) is 2.14. The minimum absolute atomic E-state index is 0.161. The van der Waals surface area contributed by atoms with Crippen molar-refractivity contribution < 1.29 is 14.6 Å². The highest BCUT2D eigenvalue weighted by Crippen LogP contribution is 2.06. The predicted molar refractivity (Wildman–Crippen MR) is 82.8 cm³/mol. The molecule has 0 saturated carbocycles. The Bertz CT molecular complexity index is 206. The molecule has 4 heteroatoms. The number of hydrogen-bond donors (Lipinski definition) is 1. The van der Waals surface area contributed by atoms with Crippen LogP contribution in [0.15, 0.2) is 0 Å². The minimum atomic E-state index is 0.161. The van der Waals surface area contributed by atoms with Gasteiger partial charge in [-0.2, -0.15) is 0 Å². The summed E-state index contributed by atoms with van der Waals surface area (Å²) in [6.07, 6.45) is 9.08. The Kier molecular flexibility index (Phi) is 14.3. The Morgan fingerprint density at radius 2 is 1.55 bits per heavy atom. The van der Waals surface area contributed by atoms with Crippen LogP contribution in [0.3, 0.4) is 0 Å². The SMILES string of the molecule is CCCCCCCCN(CCCOCCCO)C(C)=O. The van der Waals surface area contributed by atoms with Gasteiger partial charge in [0.05, 0.1) is 0 Å². The van der Waals surface area contributed by atoms with Gasteiger partial charge in [0.15, 0.2) is 0 Å². The van der Waals surface area contributed by atoms with Crippen molar-refractivity contribution in [2.24, 2.45) is 0 Å². The van der Waals surface area contributed by atoms with Gasteiger partial charge in [-0.05, 0) is 19.3 Å². The molecule has 0 rings (SSSR count). The predicted octanol–water partition coefficient (Wildman–Crippen LogP) is 2.98. The number of hydrogen-bond acceptors (Lipinski definition) is 3. The Hall–Kier alpha value is -0.610. The zero-order chi connectivity index (χ0) is 15.1. The molecule has 0 unspecified atom stereocenters. The summed E-state index contributed by atoms with van der Waals surface area (Å²) in [6.45, 7) is 6.97. The lowest BCUT2D eigenvalue weighted by atomic mass is 10.1. The van der Waals surface area contributed by atoms with Crippen LogP contribution in [0.2, 0.25) is 0 Å².